The van der Waals surface area contributed by atoms with Crippen molar-refractivity contribution in [1.82, 2.24) is 4.98 Å². The Morgan fingerprint density at radius 3 is 3.25 bits per heavy atom. The molecule has 1 saturated heterocycles. The van der Waals surface area contributed by atoms with Crippen LogP contribution in [0.3, 0.4) is 0 Å². The average Bonchev–Trinajstić information content (AvgIpc) is 2.38. The Labute approximate surface area is 95.1 Å². The third-order valence-electron chi connectivity index (χ3n) is 3.04. The number of hydrogen-bond donors (Lipinski definition) is 1. The minimum Gasteiger partial charge on any atom is -0.396 e. The van der Waals surface area contributed by atoms with E-state index < -0.39 is 0 Å². The zero-order chi connectivity index (χ0) is 11.4. The smallest absolute Gasteiger partial charge is 0.101 e. The van der Waals surface area contributed by atoms with Crippen molar-refractivity contribution in [2.75, 3.05) is 24.6 Å². The van der Waals surface area contributed by atoms with E-state index >= 15 is 0 Å². The monoisotopic (exact) mass is 217 g/mol. The van der Waals surface area contributed by atoms with Crippen molar-refractivity contribution in [3.8, 4) is 6.07 Å². The predicted molar refractivity (Wildman–Crippen MR) is 61.0 cm³/mol. The van der Waals surface area contributed by atoms with Crippen molar-refractivity contribution < 1.29 is 5.11 Å². The first-order valence-electron chi connectivity index (χ1n) is 5.55. The molecule has 1 fully saturated rings. The number of aromatic nitrogens is 1. The fourth-order valence-electron chi connectivity index (χ4n) is 2.17. The molecule has 0 spiro atoms. The number of rotatable bonds is 2. The van der Waals surface area contributed by atoms with Gasteiger partial charge in [0.15, 0.2) is 0 Å². The van der Waals surface area contributed by atoms with Gasteiger partial charge in [0.05, 0.1) is 17.4 Å². The van der Waals surface area contributed by atoms with Crippen LogP contribution >= 0.6 is 0 Å². The third-order valence-corrected chi connectivity index (χ3v) is 3.04. The lowest BCUT2D eigenvalue weighted by atomic mass is 9.98. The molecule has 0 amide bonds. The Balaban J connectivity index is 2.20. The highest BCUT2D eigenvalue weighted by Crippen LogP contribution is 2.24. The lowest BCUT2D eigenvalue weighted by molar-refractivity contribution is 0.208. The molecule has 0 bridgehead atoms. The minimum atomic E-state index is 0.221. The highest BCUT2D eigenvalue weighted by Gasteiger charge is 2.21. The number of hydrogen-bond acceptors (Lipinski definition) is 4. The molecule has 4 nitrogen and oxygen atoms in total. The summed E-state index contributed by atoms with van der Waals surface area (Å²) < 4.78 is 0. The zero-order valence-corrected chi connectivity index (χ0v) is 9.13. The summed E-state index contributed by atoms with van der Waals surface area (Å²) in [6.45, 7) is 1.98. The molecule has 4 heteroatoms. The van der Waals surface area contributed by atoms with E-state index in [-0.39, 0.29) is 6.61 Å². The van der Waals surface area contributed by atoms with Gasteiger partial charge >= 0.3 is 0 Å². The molecule has 0 aromatic carbocycles. The van der Waals surface area contributed by atoms with E-state index in [4.69, 9.17) is 5.26 Å². The average molecular weight is 217 g/mol. The van der Waals surface area contributed by atoms with Crippen LogP contribution in [0.4, 0.5) is 5.69 Å². The number of piperidine rings is 1. The van der Waals surface area contributed by atoms with Crippen molar-refractivity contribution >= 4 is 5.69 Å². The van der Waals surface area contributed by atoms with Gasteiger partial charge < -0.3 is 10.0 Å². The fraction of sp³-hybridized carbons (Fsp3) is 0.500. The maximum atomic E-state index is 9.17. The van der Waals surface area contributed by atoms with Gasteiger partial charge in [0.1, 0.15) is 6.07 Å². The molecule has 1 aromatic rings. The van der Waals surface area contributed by atoms with Gasteiger partial charge in [0, 0.05) is 25.9 Å². The Morgan fingerprint density at radius 2 is 2.50 bits per heavy atom. The topological polar surface area (TPSA) is 60.2 Å². The first-order valence-corrected chi connectivity index (χ1v) is 5.55. The molecule has 0 radical (unpaired) electrons. The van der Waals surface area contributed by atoms with Crippen LogP contribution in [0.25, 0.3) is 0 Å². The standard InChI is InChI=1S/C12H15N3O/c13-6-11-3-4-14-7-12(11)15-5-1-2-10(8-15)9-16/h3-4,7,10,16H,1-2,5,8-9H2. The maximum absolute atomic E-state index is 9.17. The molecule has 1 N–H and O–H groups in total. The molecule has 1 aliphatic rings. The second-order valence-corrected chi connectivity index (χ2v) is 4.14. The third kappa shape index (κ3) is 2.15. The van der Waals surface area contributed by atoms with Crippen LogP contribution in [-0.4, -0.2) is 29.8 Å². The van der Waals surface area contributed by atoms with Crippen LogP contribution in [0.2, 0.25) is 0 Å². The van der Waals surface area contributed by atoms with Gasteiger partial charge in [-0.25, -0.2) is 0 Å². The molecule has 1 unspecified atom stereocenters. The molecule has 1 aromatic heterocycles. The van der Waals surface area contributed by atoms with Crippen molar-refractivity contribution in [2.45, 2.75) is 12.8 Å². The van der Waals surface area contributed by atoms with Crippen LogP contribution < -0.4 is 4.90 Å². The molecule has 16 heavy (non-hydrogen) atoms. The highest BCUT2D eigenvalue weighted by molar-refractivity contribution is 5.57. The summed E-state index contributed by atoms with van der Waals surface area (Å²) in [5, 5.41) is 18.2. The van der Waals surface area contributed by atoms with Gasteiger partial charge in [-0.3, -0.25) is 4.98 Å². The van der Waals surface area contributed by atoms with Crippen LogP contribution in [0, 0.1) is 17.2 Å². The molecule has 1 atom stereocenters. The van der Waals surface area contributed by atoms with E-state index in [1.165, 1.54) is 0 Å². The van der Waals surface area contributed by atoms with Gasteiger partial charge in [-0.1, -0.05) is 0 Å². The van der Waals surface area contributed by atoms with E-state index in [9.17, 15) is 5.11 Å². The lowest BCUT2D eigenvalue weighted by Crippen LogP contribution is -2.37. The predicted octanol–water partition coefficient (Wildman–Crippen LogP) is 1.16. The van der Waals surface area contributed by atoms with E-state index in [0.717, 1.165) is 31.6 Å². The molecular weight excluding hydrogens is 202 g/mol. The zero-order valence-electron chi connectivity index (χ0n) is 9.13. The summed E-state index contributed by atoms with van der Waals surface area (Å²) in [4.78, 5) is 6.21. The number of anilines is 1. The number of nitriles is 1. The van der Waals surface area contributed by atoms with Gasteiger partial charge in [0.25, 0.3) is 0 Å². The van der Waals surface area contributed by atoms with Crippen LogP contribution in [0.1, 0.15) is 18.4 Å². The summed E-state index contributed by atoms with van der Waals surface area (Å²) in [6.07, 6.45) is 5.49. The van der Waals surface area contributed by atoms with E-state index in [2.05, 4.69) is 16.0 Å². The number of pyridine rings is 1. The summed E-state index contributed by atoms with van der Waals surface area (Å²) in [5.41, 5.74) is 1.55. The van der Waals surface area contributed by atoms with Crippen molar-refractivity contribution in [2.24, 2.45) is 5.92 Å². The maximum Gasteiger partial charge on any atom is 0.101 e. The molecule has 2 rings (SSSR count). The second-order valence-electron chi connectivity index (χ2n) is 4.14. The number of nitrogens with zero attached hydrogens (tertiary/aromatic N) is 3. The first kappa shape index (κ1) is 10.9. The lowest BCUT2D eigenvalue weighted by Gasteiger charge is -2.33. The second kappa shape index (κ2) is 4.95. The molecule has 1 aliphatic heterocycles. The summed E-state index contributed by atoms with van der Waals surface area (Å²) in [7, 11) is 0. The normalized spacial score (nSPS) is 20.5. The first-order chi connectivity index (χ1) is 7.85. The SMILES string of the molecule is N#Cc1ccncc1N1CCCC(CO)C1. The molecule has 2 heterocycles. The van der Waals surface area contributed by atoms with Crippen molar-refractivity contribution in [3.63, 3.8) is 0 Å². The van der Waals surface area contributed by atoms with E-state index in [0.29, 0.717) is 11.5 Å². The highest BCUT2D eigenvalue weighted by atomic mass is 16.3. The van der Waals surface area contributed by atoms with E-state index in [1.807, 2.05) is 0 Å². The van der Waals surface area contributed by atoms with Gasteiger partial charge in [-0.05, 0) is 24.8 Å². The molecular formula is C12H15N3O. The van der Waals surface area contributed by atoms with Crippen molar-refractivity contribution in [1.29, 1.82) is 5.26 Å². The minimum absolute atomic E-state index is 0.221. The fourth-order valence-corrected chi connectivity index (χ4v) is 2.17. The van der Waals surface area contributed by atoms with Gasteiger partial charge in [0.2, 0.25) is 0 Å². The Kier molecular flexibility index (Phi) is 3.37. The Bertz CT molecular complexity index is 399. The molecule has 0 saturated carbocycles. The van der Waals surface area contributed by atoms with Crippen LogP contribution in [0.5, 0.6) is 0 Å². The summed E-state index contributed by atoms with van der Waals surface area (Å²) in [6, 6.07) is 3.92. The molecule has 84 valence electrons. The van der Waals surface area contributed by atoms with Crippen LogP contribution in [-0.2, 0) is 0 Å². The van der Waals surface area contributed by atoms with Crippen LogP contribution in [0.15, 0.2) is 18.5 Å². The number of aliphatic hydroxyl groups excluding tert-OH is 1. The van der Waals surface area contributed by atoms with Gasteiger partial charge in [-0.2, -0.15) is 5.26 Å². The van der Waals surface area contributed by atoms with E-state index in [1.54, 1.807) is 18.5 Å². The Hall–Kier alpha value is -1.60. The largest absolute Gasteiger partial charge is 0.396 e. The summed E-state index contributed by atoms with van der Waals surface area (Å²) in [5.74, 6) is 0.320. The quantitative estimate of drug-likeness (QED) is 0.807. The molecule has 0 aliphatic carbocycles. The Morgan fingerprint density at radius 1 is 1.62 bits per heavy atom. The summed E-state index contributed by atoms with van der Waals surface area (Å²) >= 11 is 0. The number of aliphatic hydroxyl groups is 1. The van der Waals surface area contributed by atoms with Gasteiger partial charge in [-0.15, -0.1) is 0 Å². The van der Waals surface area contributed by atoms with Crippen molar-refractivity contribution in [3.05, 3.63) is 24.0 Å².